The minimum Gasteiger partial charge on any atom is -0.394 e. The first-order valence-electron chi connectivity index (χ1n) is 5.15. The molecule has 0 aromatic carbocycles. The van der Waals surface area contributed by atoms with Gasteiger partial charge in [-0.15, -0.1) is 0 Å². The largest absolute Gasteiger partial charge is 0.394 e. The minimum absolute atomic E-state index is 0.00729. The Morgan fingerprint density at radius 3 is 3.07 bits per heavy atom. The van der Waals surface area contributed by atoms with Crippen molar-refractivity contribution >= 4 is 6.03 Å². The van der Waals surface area contributed by atoms with E-state index in [2.05, 4.69) is 5.32 Å². The maximum Gasteiger partial charge on any atom is 0.317 e. The van der Waals surface area contributed by atoms with Crippen LogP contribution in [0.15, 0.2) is 0 Å². The summed E-state index contributed by atoms with van der Waals surface area (Å²) in [6.45, 7) is 2.01. The van der Waals surface area contributed by atoms with E-state index in [9.17, 15) is 4.79 Å². The molecular formula is C9H19N3O2. The van der Waals surface area contributed by atoms with Crippen LogP contribution in [0.5, 0.6) is 0 Å². The second kappa shape index (κ2) is 5.82. The van der Waals surface area contributed by atoms with Crippen LogP contribution in [0.2, 0.25) is 0 Å². The van der Waals surface area contributed by atoms with E-state index in [0.29, 0.717) is 13.1 Å². The van der Waals surface area contributed by atoms with Crippen molar-refractivity contribution in [3.63, 3.8) is 0 Å². The van der Waals surface area contributed by atoms with Gasteiger partial charge in [0.05, 0.1) is 12.6 Å². The molecule has 0 saturated carbocycles. The monoisotopic (exact) mass is 201 g/mol. The standard InChI is InChI=1S/C9H19N3O2/c10-4-2-5-11-9(14)12-6-1-3-8(12)7-13/h8,13H,1-7,10H2,(H,11,14)/t8-/m1/s1. The third-order valence-corrected chi connectivity index (χ3v) is 2.51. The van der Waals surface area contributed by atoms with Crippen molar-refractivity contribution in [1.29, 1.82) is 0 Å². The van der Waals surface area contributed by atoms with Crippen LogP contribution in [0.25, 0.3) is 0 Å². The quantitative estimate of drug-likeness (QED) is 0.537. The molecule has 1 saturated heterocycles. The highest BCUT2D eigenvalue weighted by Gasteiger charge is 2.27. The number of hydrogen-bond acceptors (Lipinski definition) is 3. The third kappa shape index (κ3) is 2.85. The number of nitrogens with two attached hydrogens (primary N) is 1. The number of amides is 2. The average molecular weight is 201 g/mol. The molecule has 82 valence electrons. The van der Waals surface area contributed by atoms with Crippen molar-refractivity contribution in [1.82, 2.24) is 10.2 Å². The van der Waals surface area contributed by atoms with Crippen LogP contribution in [0.1, 0.15) is 19.3 Å². The summed E-state index contributed by atoms with van der Waals surface area (Å²) in [5, 5.41) is 11.8. The van der Waals surface area contributed by atoms with Crippen molar-refractivity contribution in [3.05, 3.63) is 0 Å². The predicted molar refractivity (Wildman–Crippen MR) is 53.9 cm³/mol. The molecule has 1 rings (SSSR count). The third-order valence-electron chi connectivity index (χ3n) is 2.51. The molecule has 1 aliphatic rings. The van der Waals surface area contributed by atoms with Crippen molar-refractivity contribution in [2.24, 2.45) is 5.73 Å². The molecule has 1 fully saturated rings. The zero-order chi connectivity index (χ0) is 10.4. The van der Waals surface area contributed by atoms with E-state index in [0.717, 1.165) is 25.8 Å². The summed E-state index contributed by atoms with van der Waals surface area (Å²) in [4.78, 5) is 13.3. The van der Waals surface area contributed by atoms with Crippen LogP contribution < -0.4 is 11.1 Å². The molecule has 4 N–H and O–H groups in total. The summed E-state index contributed by atoms with van der Waals surface area (Å²) in [6, 6.07) is -0.0668. The van der Waals surface area contributed by atoms with E-state index in [1.165, 1.54) is 0 Å². The summed E-state index contributed by atoms with van der Waals surface area (Å²) in [5.74, 6) is 0. The molecule has 0 radical (unpaired) electrons. The summed E-state index contributed by atoms with van der Waals surface area (Å²) < 4.78 is 0. The van der Waals surface area contributed by atoms with Gasteiger partial charge in [-0.05, 0) is 25.8 Å². The number of nitrogens with one attached hydrogen (secondary N) is 1. The first-order chi connectivity index (χ1) is 6.79. The Balaban J connectivity index is 2.28. The molecule has 0 bridgehead atoms. The van der Waals surface area contributed by atoms with Gasteiger partial charge in [0, 0.05) is 13.1 Å². The predicted octanol–water partition coefficient (Wildman–Crippen LogP) is -0.498. The highest BCUT2D eigenvalue weighted by molar-refractivity contribution is 5.74. The number of carbonyl (C=O) groups excluding carboxylic acids is 1. The van der Waals surface area contributed by atoms with Crippen LogP contribution in [-0.4, -0.2) is 48.3 Å². The van der Waals surface area contributed by atoms with E-state index >= 15 is 0 Å². The smallest absolute Gasteiger partial charge is 0.317 e. The molecule has 1 heterocycles. The summed E-state index contributed by atoms with van der Waals surface area (Å²) in [6.07, 6.45) is 2.68. The Kier molecular flexibility index (Phi) is 4.69. The normalized spacial score (nSPS) is 21.3. The number of nitrogens with zero attached hydrogens (tertiary/aromatic N) is 1. The molecule has 14 heavy (non-hydrogen) atoms. The lowest BCUT2D eigenvalue weighted by Crippen LogP contribution is -2.44. The number of carbonyl (C=O) groups is 1. The molecule has 1 aliphatic heterocycles. The number of aliphatic hydroxyl groups excluding tert-OH is 1. The number of rotatable bonds is 4. The van der Waals surface area contributed by atoms with E-state index < -0.39 is 0 Å². The first kappa shape index (κ1) is 11.3. The van der Waals surface area contributed by atoms with Crippen LogP contribution in [0.4, 0.5) is 4.79 Å². The average Bonchev–Trinajstić information content (AvgIpc) is 2.65. The van der Waals surface area contributed by atoms with E-state index in [1.54, 1.807) is 4.90 Å². The van der Waals surface area contributed by atoms with Crippen LogP contribution >= 0.6 is 0 Å². The lowest BCUT2D eigenvalue weighted by Gasteiger charge is -2.23. The number of aliphatic hydroxyl groups is 1. The zero-order valence-electron chi connectivity index (χ0n) is 8.41. The molecule has 1 atom stereocenters. The summed E-state index contributed by atoms with van der Waals surface area (Å²) in [5.41, 5.74) is 5.32. The molecule has 0 aromatic heterocycles. The molecule has 0 spiro atoms. The van der Waals surface area contributed by atoms with Gasteiger partial charge in [0.2, 0.25) is 0 Å². The van der Waals surface area contributed by atoms with Gasteiger partial charge in [-0.3, -0.25) is 0 Å². The van der Waals surface area contributed by atoms with Gasteiger partial charge in [-0.25, -0.2) is 4.79 Å². The van der Waals surface area contributed by atoms with E-state index in [1.807, 2.05) is 0 Å². The van der Waals surface area contributed by atoms with Gasteiger partial charge in [-0.1, -0.05) is 0 Å². The van der Waals surface area contributed by atoms with Crippen molar-refractivity contribution < 1.29 is 9.90 Å². The number of urea groups is 1. The highest BCUT2D eigenvalue weighted by atomic mass is 16.3. The van der Waals surface area contributed by atoms with Gasteiger partial charge >= 0.3 is 6.03 Å². The van der Waals surface area contributed by atoms with Gasteiger partial charge < -0.3 is 21.1 Å². The lowest BCUT2D eigenvalue weighted by atomic mass is 10.2. The van der Waals surface area contributed by atoms with Gasteiger partial charge in [0.15, 0.2) is 0 Å². The van der Waals surface area contributed by atoms with Crippen LogP contribution in [-0.2, 0) is 0 Å². The summed E-state index contributed by atoms with van der Waals surface area (Å²) >= 11 is 0. The lowest BCUT2D eigenvalue weighted by molar-refractivity contribution is 0.157. The zero-order valence-corrected chi connectivity index (χ0v) is 8.41. The second-order valence-corrected chi connectivity index (χ2v) is 3.55. The Morgan fingerprint density at radius 1 is 1.64 bits per heavy atom. The fourth-order valence-corrected chi connectivity index (χ4v) is 1.69. The Bertz CT molecular complexity index is 187. The van der Waals surface area contributed by atoms with E-state index in [4.69, 9.17) is 10.8 Å². The summed E-state index contributed by atoms with van der Waals surface area (Å²) in [7, 11) is 0. The van der Waals surface area contributed by atoms with Gasteiger partial charge in [-0.2, -0.15) is 0 Å². The minimum atomic E-state index is -0.0741. The first-order valence-corrected chi connectivity index (χ1v) is 5.15. The molecular weight excluding hydrogens is 182 g/mol. The van der Waals surface area contributed by atoms with Gasteiger partial charge in [0.1, 0.15) is 0 Å². The fourth-order valence-electron chi connectivity index (χ4n) is 1.69. The van der Waals surface area contributed by atoms with Crippen LogP contribution in [0.3, 0.4) is 0 Å². The van der Waals surface area contributed by atoms with Crippen LogP contribution in [0, 0.1) is 0 Å². The van der Waals surface area contributed by atoms with Crippen molar-refractivity contribution in [3.8, 4) is 0 Å². The van der Waals surface area contributed by atoms with Gasteiger partial charge in [0.25, 0.3) is 0 Å². The Morgan fingerprint density at radius 2 is 2.43 bits per heavy atom. The van der Waals surface area contributed by atoms with E-state index in [-0.39, 0.29) is 18.7 Å². The fraction of sp³-hybridized carbons (Fsp3) is 0.889. The molecule has 5 nitrogen and oxygen atoms in total. The maximum atomic E-state index is 11.6. The van der Waals surface area contributed by atoms with Crippen molar-refractivity contribution in [2.45, 2.75) is 25.3 Å². The number of hydrogen-bond donors (Lipinski definition) is 3. The molecule has 5 heteroatoms. The molecule has 0 unspecified atom stereocenters. The molecule has 0 aromatic rings. The highest BCUT2D eigenvalue weighted by Crippen LogP contribution is 2.16. The topological polar surface area (TPSA) is 78.6 Å². The Labute approximate surface area is 84.3 Å². The molecule has 0 aliphatic carbocycles. The second-order valence-electron chi connectivity index (χ2n) is 3.55. The van der Waals surface area contributed by atoms with Crippen molar-refractivity contribution in [2.75, 3.05) is 26.2 Å². The Hall–Kier alpha value is -0.810. The maximum absolute atomic E-state index is 11.6. The number of likely N-dealkylation sites (tertiary alicyclic amines) is 1. The SMILES string of the molecule is NCCCNC(=O)N1CCC[C@@H]1CO. The molecule has 2 amide bonds.